The molecular formula is C13H16N6. The maximum absolute atomic E-state index is 4.38. The lowest BCUT2D eigenvalue weighted by molar-refractivity contribution is 0.308. The maximum Gasteiger partial charge on any atom is 0.176 e. The number of rotatable bonds is 3. The van der Waals surface area contributed by atoms with Crippen molar-refractivity contribution in [3.8, 4) is 5.69 Å². The van der Waals surface area contributed by atoms with Crippen molar-refractivity contribution >= 4 is 5.84 Å². The Bertz CT molecular complexity index is 598. The van der Waals surface area contributed by atoms with E-state index < -0.39 is 0 Å². The number of nitrogens with zero attached hydrogens (tertiary/aromatic N) is 4. The smallest absolute Gasteiger partial charge is 0.176 e. The van der Waals surface area contributed by atoms with Crippen LogP contribution in [0.1, 0.15) is 18.1 Å². The van der Waals surface area contributed by atoms with Gasteiger partial charge < -0.3 is 0 Å². The van der Waals surface area contributed by atoms with E-state index in [0.717, 1.165) is 23.6 Å². The molecule has 19 heavy (non-hydrogen) atoms. The molecule has 0 aliphatic carbocycles. The summed E-state index contributed by atoms with van der Waals surface area (Å²) >= 11 is 0. The fraction of sp³-hybridized carbons (Fsp3) is 0.231. The average molecular weight is 256 g/mol. The summed E-state index contributed by atoms with van der Waals surface area (Å²) in [6, 6.07) is 8.25. The third-order valence-electron chi connectivity index (χ3n) is 3.06. The van der Waals surface area contributed by atoms with Crippen LogP contribution >= 0.6 is 0 Å². The van der Waals surface area contributed by atoms with Crippen molar-refractivity contribution in [2.45, 2.75) is 13.8 Å². The van der Waals surface area contributed by atoms with Crippen LogP contribution in [0.2, 0.25) is 0 Å². The zero-order valence-electron chi connectivity index (χ0n) is 11.0. The Kier molecular flexibility index (Phi) is 2.92. The summed E-state index contributed by atoms with van der Waals surface area (Å²) in [5.74, 6) is 0.848. The number of amidine groups is 1. The molecule has 0 unspecified atom stereocenters. The van der Waals surface area contributed by atoms with Crippen LogP contribution < -0.4 is 11.1 Å². The van der Waals surface area contributed by atoms with Gasteiger partial charge in [-0.15, -0.1) is 10.6 Å². The van der Waals surface area contributed by atoms with E-state index in [1.54, 1.807) is 0 Å². The summed E-state index contributed by atoms with van der Waals surface area (Å²) in [7, 11) is 0. The largest absolute Gasteiger partial charge is 0.271 e. The summed E-state index contributed by atoms with van der Waals surface area (Å²) in [5.41, 5.74) is 8.96. The first-order chi connectivity index (χ1) is 9.28. The Balaban J connectivity index is 1.89. The normalized spacial score (nSPS) is 14.4. The first-order valence-corrected chi connectivity index (χ1v) is 6.26. The van der Waals surface area contributed by atoms with E-state index in [1.807, 2.05) is 22.1 Å². The fourth-order valence-corrected chi connectivity index (χ4v) is 1.98. The highest BCUT2D eigenvalue weighted by atomic mass is 15.8. The van der Waals surface area contributed by atoms with Gasteiger partial charge in [-0.1, -0.05) is 17.7 Å². The third-order valence-corrected chi connectivity index (χ3v) is 3.06. The van der Waals surface area contributed by atoms with Gasteiger partial charge in [0, 0.05) is 12.7 Å². The van der Waals surface area contributed by atoms with E-state index in [4.69, 9.17) is 0 Å². The monoisotopic (exact) mass is 256 g/mol. The molecule has 2 aromatic rings. The second-order valence-electron chi connectivity index (χ2n) is 4.41. The molecule has 0 radical (unpaired) electrons. The molecule has 2 N–H and O–H groups in total. The van der Waals surface area contributed by atoms with Crippen LogP contribution in [0.4, 0.5) is 0 Å². The molecule has 0 saturated carbocycles. The second kappa shape index (κ2) is 4.74. The van der Waals surface area contributed by atoms with Gasteiger partial charge in [0.15, 0.2) is 5.84 Å². The Morgan fingerprint density at radius 2 is 2.00 bits per heavy atom. The molecule has 98 valence electrons. The topological polar surface area (TPSA) is 57.5 Å². The minimum atomic E-state index is 0.821. The molecule has 1 aromatic carbocycles. The number of hydrazone groups is 1. The summed E-state index contributed by atoms with van der Waals surface area (Å²) < 4.78 is 1.85. The highest BCUT2D eigenvalue weighted by molar-refractivity contribution is 5.98. The molecule has 1 aliphatic heterocycles. The van der Waals surface area contributed by atoms with Gasteiger partial charge in [-0.3, -0.25) is 5.01 Å². The van der Waals surface area contributed by atoms with E-state index in [-0.39, 0.29) is 0 Å². The van der Waals surface area contributed by atoms with Gasteiger partial charge in [0.1, 0.15) is 0 Å². The SMILES string of the molecule is CCN1NNN=C1c1cnn(-c2ccc(C)cc2)c1. The highest BCUT2D eigenvalue weighted by Crippen LogP contribution is 2.12. The number of nitrogens with one attached hydrogen (secondary N) is 2. The molecule has 3 rings (SSSR count). The second-order valence-corrected chi connectivity index (χ2v) is 4.41. The molecule has 0 saturated heterocycles. The van der Waals surface area contributed by atoms with E-state index in [9.17, 15) is 0 Å². The van der Waals surface area contributed by atoms with Crippen molar-refractivity contribution in [2.75, 3.05) is 6.54 Å². The maximum atomic E-state index is 4.38. The van der Waals surface area contributed by atoms with Gasteiger partial charge >= 0.3 is 0 Å². The molecule has 0 spiro atoms. The van der Waals surface area contributed by atoms with E-state index in [0.29, 0.717) is 0 Å². The average Bonchev–Trinajstić information content (AvgIpc) is 3.07. The van der Waals surface area contributed by atoms with Gasteiger partial charge in [0.25, 0.3) is 0 Å². The number of aryl methyl sites for hydroxylation is 1. The Morgan fingerprint density at radius 1 is 1.21 bits per heavy atom. The zero-order valence-corrected chi connectivity index (χ0v) is 11.0. The predicted molar refractivity (Wildman–Crippen MR) is 73.5 cm³/mol. The summed E-state index contributed by atoms with van der Waals surface area (Å²) in [4.78, 5) is 0. The van der Waals surface area contributed by atoms with Crippen molar-refractivity contribution < 1.29 is 0 Å². The van der Waals surface area contributed by atoms with Crippen LogP contribution in [0.15, 0.2) is 41.8 Å². The van der Waals surface area contributed by atoms with Crippen molar-refractivity contribution in [2.24, 2.45) is 5.10 Å². The Labute approximate surface area is 111 Å². The molecular weight excluding hydrogens is 240 g/mol. The summed E-state index contributed by atoms with van der Waals surface area (Å²) in [6.07, 6.45) is 3.79. The summed E-state index contributed by atoms with van der Waals surface area (Å²) in [5, 5.41) is 10.5. The van der Waals surface area contributed by atoms with Crippen molar-refractivity contribution in [3.05, 3.63) is 47.8 Å². The molecule has 0 amide bonds. The van der Waals surface area contributed by atoms with Crippen LogP contribution in [0.3, 0.4) is 0 Å². The number of hydrogen-bond donors (Lipinski definition) is 2. The summed E-state index contributed by atoms with van der Waals surface area (Å²) in [6.45, 7) is 4.95. The van der Waals surface area contributed by atoms with Crippen LogP contribution in [-0.2, 0) is 0 Å². The minimum absolute atomic E-state index is 0.821. The first-order valence-electron chi connectivity index (χ1n) is 6.26. The van der Waals surface area contributed by atoms with Gasteiger partial charge in [-0.25, -0.2) is 10.2 Å². The van der Waals surface area contributed by atoms with Crippen molar-refractivity contribution in [1.82, 2.24) is 25.9 Å². The lowest BCUT2D eigenvalue weighted by Crippen LogP contribution is -2.40. The molecule has 0 bridgehead atoms. The number of benzene rings is 1. The standard InChI is InChI=1S/C13H16N6/c1-3-18-13(15-16-17-18)11-8-14-19(9-11)12-6-4-10(2)5-7-12/h4-9,16-17H,3H2,1-2H3. The molecule has 1 aromatic heterocycles. The number of hydrazine groups is 2. The highest BCUT2D eigenvalue weighted by Gasteiger charge is 2.18. The van der Waals surface area contributed by atoms with Crippen LogP contribution in [-0.4, -0.2) is 27.2 Å². The quantitative estimate of drug-likeness (QED) is 0.866. The van der Waals surface area contributed by atoms with Crippen LogP contribution in [0.25, 0.3) is 5.69 Å². The molecule has 0 atom stereocenters. The van der Waals surface area contributed by atoms with Crippen LogP contribution in [0.5, 0.6) is 0 Å². The lowest BCUT2D eigenvalue weighted by Gasteiger charge is -2.14. The molecule has 1 aliphatic rings. The Hall–Kier alpha value is -2.34. The van der Waals surface area contributed by atoms with Gasteiger partial charge in [-0.2, -0.15) is 5.10 Å². The predicted octanol–water partition coefficient (Wildman–Crippen LogP) is 1.19. The molecule has 6 heteroatoms. The fourth-order valence-electron chi connectivity index (χ4n) is 1.98. The number of hydrogen-bond acceptors (Lipinski definition) is 5. The molecule has 2 heterocycles. The van der Waals surface area contributed by atoms with Crippen molar-refractivity contribution in [1.29, 1.82) is 0 Å². The third kappa shape index (κ3) is 2.17. The number of aromatic nitrogens is 2. The first kappa shape index (κ1) is 11.7. The van der Waals surface area contributed by atoms with Gasteiger partial charge in [-0.05, 0) is 26.0 Å². The van der Waals surface area contributed by atoms with E-state index >= 15 is 0 Å². The van der Waals surface area contributed by atoms with Crippen molar-refractivity contribution in [3.63, 3.8) is 0 Å². The van der Waals surface area contributed by atoms with Crippen LogP contribution in [0, 0.1) is 6.92 Å². The van der Waals surface area contributed by atoms with E-state index in [2.05, 4.69) is 59.4 Å². The van der Waals surface area contributed by atoms with E-state index in [1.165, 1.54) is 5.56 Å². The lowest BCUT2D eigenvalue weighted by atomic mass is 10.2. The molecule has 6 nitrogen and oxygen atoms in total. The zero-order chi connectivity index (χ0) is 13.2. The Morgan fingerprint density at radius 3 is 2.74 bits per heavy atom. The minimum Gasteiger partial charge on any atom is -0.271 e. The van der Waals surface area contributed by atoms with Gasteiger partial charge in [0.05, 0.1) is 17.4 Å². The molecule has 0 fully saturated rings. The van der Waals surface area contributed by atoms with Gasteiger partial charge in [0.2, 0.25) is 0 Å².